The first-order chi connectivity index (χ1) is 9.70. The van der Waals surface area contributed by atoms with Gasteiger partial charge in [-0.3, -0.25) is 0 Å². The summed E-state index contributed by atoms with van der Waals surface area (Å²) in [5.41, 5.74) is 0.0430. The van der Waals surface area contributed by atoms with Crippen LogP contribution in [0.3, 0.4) is 0 Å². The maximum atomic E-state index is 10.9. The van der Waals surface area contributed by atoms with Crippen molar-refractivity contribution in [2.75, 3.05) is 11.9 Å². The molecule has 1 aliphatic rings. The highest BCUT2D eigenvalue weighted by Crippen LogP contribution is 2.29. The summed E-state index contributed by atoms with van der Waals surface area (Å²) < 4.78 is 0. The molecule has 0 spiro atoms. The molecule has 1 aliphatic carbocycles. The number of carbonyl (C=O) groups is 1. The largest absolute Gasteiger partial charge is 0.477 e. The number of nitrogens with zero attached hydrogens (tertiary/aromatic N) is 1. The molecule has 1 unspecified atom stereocenters. The standard InChI is InChI=1S/C15H22N2O3/c18-10-9-12(11-5-2-1-3-6-11)16-14-8-4-7-13(17-14)15(19)20/h4,7-8,11-12,18H,1-3,5-6,9-10H2,(H,16,17)(H,19,20). The summed E-state index contributed by atoms with van der Waals surface area (Å²) in [7, 11) is 0. The Balaban J connectivity index is 2.06. The molecule has 5 heteroatoms. The highest BCUT2D eigenvalue weighted by Gasteiger charge is 2.23. The molecule has 1 saturated carbocycles. The van der Waals surface area contributed by atoms with Gasteiger partial charge in [0.2, 0.25) is 0 Å². The Labute approximate surface area is 119 Å². The van der Waals surface area contributed by atoms with E-state index in [2.05, 4.69) is 10.3 Å². The van der Waals surface area contributed by atoms with Crippen LogP contribution < -0.4 is 5.32 Å². The Hall–Kier alpha value is -1.62. The first-order valence-corrected chi connectivity index (χ1v) is 7.28. The number of carboxylic acids is 1. The molecule has 5 nitrogen and oxygen atoms in total. The van der Waals surface area contributed by atoms with Gasteiger partial charge in [-0.1, -0.05) is 25.3 Å². The van der Waals surface area contributed by atoms with Gasteiger partial charge in [-0.25, -0.2) is 9.78 Å². The van der Waals surface area contributed by atoms with Crippen LogP contribution >= 0.6 is 0 Å². The molecule has 0 saturated heterocycles. The van der Waals surface area contributed by atoms with Gasteiger partial charge in [-0.2, -0.15) is 0 Å². The number of aliphatic hydroxyl groups excluding tert-OH is 1. The SMILES string of the molecule is O=C(O)c1cccc(NC(CCO)C2CCCCC2)n1. The van der Waals surface area contributed by atoms with Gasteiger partial charge in [0.15, 0.2) is 5.69 Å². The molecule has 20 heavy (non-hydrogen) atoms. The number of pyridine rings is 1. The maximum Gasteiger partial charge on any atom is 0.354 e. The molecule has 0 aromatic carbocycles. The Bertz CT molecular complexity index is 444. The van der Waals surface area contributed by atoms with E-state index in [0.717, 1.165) is 12.8 Å². The van der Waals surface area contributed by atoms with Gasteiger partial charge in [0, 0.05) is 12.6 Å². The van der Waals surface area contributed by atoms with E-state index >= 15 is 0 Å². The first kappa shape index (κ1) is 14.8. The van der Waals surface area contributed by atoms with Gasteiger partial charge in [-0.05, 0) is 37.3 Å². The topological polar surface area (TPSA) is 82.5 Å². The van der Waals surface area contributed by atoms with E-state index in [1.807, 2.05) is 0 Å². The molecule has 1 aromatic rings. The number of aliphatic hydroxyl groups is 1. The molecule has 1 fully saturated rings. The van der Waals surface area contributed by atoms with E-state index in [0.29, 0.717) is 18.2 Å². The molecule has 0 aliphatic heterocycles. The minimum absolute atomic E-state index is 0.0430. The lowest BCUT2D eigenvalue weighted by Crippen LogP contribution is -2.32. The molecule has 2 rings (SSSR count). The van der Waals surface area contributed by atoms with Gasteiger partial charge >= 0.3 is 5.97 Å². The summed E-state index contributed by atoms with van der Waals surface area (Å²) in [5.74, 6) is 0.0881. The Kier molecular flexibility index (Phi) is 5.35. The van der Waals surface area contributed by atoms with Crippen molar-refractivity contribution < 1.29 is 15.0 Å². The zero-order chi connectivity index (χ0) is 14.4. The molecule has 110 valence electrons. The van der Waals surface area contributed by atoms with Crippen LogP contribution in [0.25, 0.3) is 0 Å². The van der Waals surface area contributed by atoms with Crippen LogP contribution in [0.5, 0.6) is 0 Å². The second-order valence-corrected chi connectivity index (χ2v) is 5.37. The number of aromatic carboxylic acids is 1. The monoisotopic (exact) mass is 278 g/mol. The summed E-state index contributed by atoms with van der Waals surface area (Å²) >= 11 is 0. The van der Waals surface area contributed by atoms with Crippen molar-refractivity contribution in [1.82, 2.24) is 4.98 Å². The van der Waals surface area contributed by atoms with Crippen LogP contribution in [0.1, 0.15) is 49.0 Å². The lowest BCUT2D eigenvalue weighted by molar-refractivity contribution is 0.0690. The lowest BCUT2D eigenvalue weighted by Gasteiger charge is -2.31. The average Bonchev–Trinajstić information content (AvgIpc) is 2.48. The highest BCUT2D eigenvalue weighted by molar-refractivity contribution is 5.85. The van der Waals surface area contributed by atoms with E-state index in [9.17, 15) is 9.90 Å². The van der Waals surface area contributed by atoms with Gasteiger partial charge in [0.25, 0.3) is 0 Å². The fraction of sp³-hybridized carbons (Fsp3) is 0.600. The van der Waals surface area contributed by atoms with Crippen molar-refractivity contribution in [3.05, 3.63) is 23.9 Å². The normalized spacial score (nSPS) is 17.6. The van der Waals surface area contributed by atoms with Crippen LogP contribution in [0.4, 0.5) is 5.82 Å². The molecule has 0 radical (unpaired) electrons. The minimum Gasteiger partial charge on any atom is -0.477 e. The maximum absolute atomic E-state index is 10.9. The minimum atomic E-state index is -1.02. The van der Waals surface area contributed by atoms with Crippen LogP contribution in [-0.4, -0.2) is 33.8 Å². The van der Waals surface area contributed by atoms with Gasteiger partial charge in [0.1, 0.15) is 5.82 Å². The Morgan fingerprint density at radius 3 is 2.75 bits per heavy atom. The quantitative estimate of drug-likeness (QED) is 0.745. The first-order valence-electron chi connectivity index (χ1n) is 7.28. The number of nitrogens with one attached hydrogen (secondary N) is 1. The van der Waals surface area contributed by atoms with E-state index in [4.69, 9.17) is 5.11 Å². The van der Waals surface area contributed by atoms with Crippen LogP contribution in [0.15, 0.2) is 18.2 Å². The Morgan fingerprint density at radius 2 is 2.10 bits per heavy atom. The second kappa shape index (κ2) is 7.24. The molecular formula is C15H22N2O3. The molecule has 0 bridgehead atoms. The van der Waals surface area contributed by atoms with Gasteiger partial charge in [0.05, 0.1) is 0 Å². The molecule has 1 heterocycles. The van der Waals surface area contributed by atoms with Gasteiger partial charge in [-0.15, -0.1) is 0 Å². The summed E-state index contributed by atoms with van der Waals surface area (Å²) in [6.45, 7) is 0.132. The van der Waals surface area contributed by atoms with Crippen molar-refractivity contribution in [3.63, 3.8) is 0 Å². The van der Waals surface area contributed by atoms with E-state index in [1.54, 1.807) is 12.1 Å². The molecule has 0 amide bonds. The number of rotatable bonds is 6. The third-order valence-electron chi connectivity index (χ3n) is 3.96. The zero-order valence-electron chi connectivity index (χ0n) is 11.6. The zero-order valence-corrected chi connectivity index (χ0v) is 11.6. The second-order valence-electron chi connectivity index (χ2n) is 5.37. The van der Waals surface area contributed by atoms with Gasteiger partial charge < -0.3 is 15.5 Å². The number of carboxylic acid groups (broad SMARTS) is 1. The third-order valence-corrected chi connectivity index (χ3v) is 3.96. The van der Waals surface area contributed by atoms with E-state index < -0.39 is 5.97 Å². The number of aromatic nitrogens is 1. The predicted molar refractivity (Wildman–Crippen MR) is 76.9 cm³/mol. The highest BCUT2D eigenvalue weighted by atomic mass is 16.4. The van der Waals surface area contributed by atoms with Crippen LogP contribution in [-0.2, 0) is 0 Å². The van der Waals surface area contributed by atoms with Crippen LogP contribution in [0.2, 0.25) is 0 Å². The van der Waals surface area contributed by atoms with Crippen molar-refractivity contribution in [3.8, 4) is 0 Å². The fourth-order valence-electron chi connectivity index (χ4n) is 2.93. The molecule has 1 aromatic heterocycles. The summed E-state index contributed by atoms with van der Waals surface area (Å²) in [4.78, 5) is 15.0. The number of anilines is 1. The molecular weight excluding hydrogens is 256 g/mol. The van der Waals surface area contributed by atoms with Crippen molar-refractivity contribution in [2.45, 2.75) is 44.6 Å². The smallest absolute Gasteiger partial charge is 0.354 e. The lowest BCUT2D eigenvalue weighted by atomic mass is 9.83. The van der Waals surface area contributed by atoms with E-state index in [1.165, 1.54) is 25.3 Å². The van der Waals surface area contributed by atoms with E-state index in [-0.39, 0.29) is 18.3 Å². The number of hydrogen-bond acceptors (Lipinski definition) is 4. The summed E-state index contributed by atoms with van der Waals surface area (Å²) in [6.07, 6.45) is 6.75. The number of hydrogen-bond donors (Lipinski definition) is 3. The van der Waals surface area contributed by atoms with Crippen LogP contribution in [0, 0.1) is 5.92 Å². The van der Waals surface area contributed by atoms with Crippen molar-refractivity contribution in [2.24, 2.45) is 5.92 Å². The summed E-state index contributed by atoms with van der Waals surface area (Å²) in [5, 5.41) is 21.5. The van der Waals surface area contributed by atoms with Crippen molar-refractivity contribution in [1.29, 1.82) is 0 Å². The molecule has 1 atom stereocenters. The third kappa shape index (κ3) is 3.93. The summed E-state index contributed by atoms with van der Waals surface area (Å²) in [6, 6.07) is 5.11. The Morgan fingerprint density at radius 1 is 1.35 bits per heavy atom. The van der Waals surface area contributed by atoms with Crippen molar-refractivity contribution >= 4 is 11.8 Å². The predicted octanol–water partition coefficient (Wildman–Crippen LogP) is 2.52. The molecule has 3 N–H and O–H groups in total. The average molecular weight is 278 g/mol. The fourth-order valence-corrected chi connectivity index (χ4v) is 2.93.